The summed E-state index contributed by atoms with van der Waals surface area (Å²) in [6.45, 7) is 1.62. The van der Waals surface area contributed by atoms with Crippen molar-refractivity contribution in [2.75, 3.05) is 29.5 Å². The van der Waals surface area contributed by atoms with Crippen molar-refractivity contribution in [3.05, 3.63) is 12.4 Å². The number of hydrogen-bond acceptors (Lipinski definition) is 4. The molecule has 0 bridgehead atoms. The quantitative estimate of drug-likeness (QED) is 0.770. The minimum Gasteiger partial charge on any atom is -0.364 e. The minimum absolute atomic E-state index is 0.640. The van der Waals surface area contributed by atoms with Crippen molar-refractivity contribution in [1.29, 1.82) is 0 Å². The average Bonchev–Trinajstić information content (AvgIpc) is 2.87. The highest BCUT2D eigenvalue weighted by atomic mass is 32.2. The Hall–Kier alpha value is -0.680. The molecule has 0 aromatic carbocycles. The molecule has 1 unspecified atom stereocenters. The lowest BCUT2D eigenvalue weighted by Gasteiger charge is -2.28. The molecule has 1 aliphatic heterocycles. The van der Waals surface area contributed by atoms with Crippen molar-refractivity contribution in [2.24, 2.45) is 5.73 Å². The smallest absolute Gasteiger partial charge is 0.0753 e. The molecule has 0 spiro atoms. The van der Waals surface area contributed by atoms with Gasteiger partial charge in [0, 0.05) is 31.1 Å². The highest BCUT2D eigenvalue weighted by molar-refractivity contribution is 7.99. The second-order valence-electron chi connectivity index (χ2n) is 3.46. The molecule has 0 aliphatic carbocycles. The average molecular weight is 212 g/mol. The molecule has 78 valence electrons. The predicted octanol–water partition coefficient (Wildman–Crippen LogP) is 0.680. The first-order valence-electron chi connectivity index (χ1n) is 4.95. The maximum atomic E-state index is 5.62. The fraction of sp³-hybridized carbons (Fsp3) is 0.667. The van der Waals surface area contributed by atoms with Gasteiger partial charge in [0.15, 0.2) is 0 Å². The fourth-order valence-corrected chi connectivity index (χ4v) is 3.05. The van der Waals surface area contributed by atoms with Crippen molar-refractivity contribution in [2.45, 2.75) is 12.5 Å². The van der Waals surface area contributed by atoms with E-state index in [0.717, 1.165) is 6.54 Å². The van der Waals surface area contributed by atoms with Crippen LogP contribution in [0.1, 0.15) is 6.42 Å². The van der Waals surface area contributed by atoms with Gasteiger partial charge in [-0.05, 0) is 12.2 Å². The summed E-state index contributed by atoms with van der Waals surface area (Å²) in [5.41, 5.74) is 6.79. The monoisotopic (exact) mass is 212 g/mol. The van der Waals surface area contributed by atoms with E-state index in [1.165, 1.54) is 23.6 Å². The van der Waals surface area contributed by atoms with E-state index >= 15 is 0 Å². The molecule has 1 saturated heterocycles. The van der Waals surface area contributed by atoms with E-state index in [-0.39, 0.29) is 0 Å². The van der Waals surface area contributed by atoms with Gasteiger partial charge in [-0.15, -0.1) is 0 Å². The van der Waals surface area contributed by atoms with Crippen LogP contribution in [-0.4, -0.2) is 40.8 Å². The van der Waals surface area contributed by atoms with Gasteiger partial charge in [-0.1, -0.05) is 0 Å². The molecule has 1 atom stereocenters. The van der Waals surface area contributed by atoms with Crippen molar-refractivity contribution in [1.82, 2.24) is 10.2 Å². The molecule has 2 heterocycles. The van der Waals surface area contributed by atoms with E-state index < -0.39 is 0 Å². The zero-order valence-corrected chi connectivity index (χ0v) is 8.96. The molecule has 0 radical (unpaired) electrons. The lowest BCUT2D eigenvalue weighted by molar-refractivity contribution is 0.646. The molecular formula is C9H16N4S. The number of nitrogens with two attached hydrogens (primary N) is 1. The third-order valence-electron chi connectivity index (χ3n) is 2.53. The number of aromatic nitrogens is 2. The zero-order chi connectivity index (χ0) is 9.80. The summed E-state index contributed by atoms with van der Waals surface area (Å²) in [5.74, 6) is 2.48. The number of hydrogen-bond donors (Lipinski definition) is 2. The molecule has 4 nitrogen and oxygen atoms in total. The number of H-pyrrole nitrogens is 1. The normalized spacial score (nSPS) is 21.4. The molecule has 3 N–H and O–H groups in total. The first kappa shape index (κ1) is 9.86. The summed E-state index contributed by atoms with van der Waals surface area (Å²) in [5, 5.41) is 6.84. The van der Waals surface area contributed by atoms with Crippen LogP contribution in [0.15, 0.2) is 12.4 Å². The van der Waals surface area contributed by atoms with Crippen LogP contribution in [0.5, 0.6) is 0 Å². The molecule has 0 saturated carbocycles. The second kappa shape index (κ2) is 4.70. The van der Waals surface area contributed by atoms with Crippen LogP contribution in [-0.2, 0) is 0 Å². The largest absolute Gasteiger partial charge is 0.364 e. The standard InChI is InChI=1S/C9H16N4S/c10-2-3-13(8-1-4-14-7-8)9-5-11-12-6-9/h5-6,8H,1-4,7,10H2,(H,11,12). The number of thioether (sulfide) groups is 1. The number of nitrogens with one attached hydrogen (secondary N) is 1. The number of nitrogens with zero attached hydrogens (tertiary/aromatic N) is 2. The molecule has 1 fully saturated rings. The van der Waals surface area contributed by atoms with Crippen molar-refractivity contribution < 1.29 is 0 Å². The fourth-order valence-electron chi connectivity index (χ4n) is 1.83. The Kier molecular flexibility index (Phi) is 3.31. The predicted molar refractivity (Wildman–Crippen MR) is 60.7 cm³/mol. The van der Waals surface area contributed by atoms with Crippen molar-refractivity contribution in [3.63, 3.8) is 0 Å². The zero-order valence-electron chi connectivity index (χ0n) is 8.15. The topological polar surface area (TPSA) is 57.9 Å². The van der Waals surface area contributed by atoms with Gasteiger partial charge in [-0.25, -0.2) is 0 Å². The Morgan fingerprint density at radius 3 is 3.21 bits per heavy atom. The van der Waals surface area contributed by atoms with Gasteiger partial charge < -0.3 is 10.6 Å². The van der Waals surface area contributed by atoms with E-state index in [2.05, 4.69) is 15.1 Å². The second-order valence-corrected chi connectivity index (χ2v) is 4.61. The van der Waals surface area contributed by atoms with E-state index in [1.54, 1.807) is 0 Å². The summed E-state index contributed by atoms with van der Waals surface area (Å²) in [4.78, 5) is 2.36. The molecular weight excluding hydrogens is 196 g/mol. The van der Waals surface area contributed by atoms with Crippen molar-refractivity contribution >= 4 is 17.4 Å². The Morgan fingerprint density at radius 1 is 1.71 bits per heavy atom. The van der Waals surface area contributed by atoms with Gasteiger partial charge in [0.2, 0.25) is 0 Å². The first-order valence-corrected chi connectivity index (χ1v) is 6.10. The molecule has 0 amide bonds. The summed E-state index contributed by atoms with van der Waals surface area (Å²) in [6.07, 6.45) is 5.08. The van der Waals surface area contributed by atoms with Crippen LogP contribution < -0.4 is 10.6 Å². The van der Waals surface area contributed by atoms with Gasteiger partial charge in [0.1, 0.15) is 0 Å². The summed E-state index contributed by atoms with van der Waals surface area (Å²) < 4.78 is 0. The van der Waals surface area contributed by atoms with Crippen LogP contribution in [0, 0.1) is 0 Å². The molecule has 2 rings (SSSR count). The first-order chi connectivity index (χ1) is 6.92. The molecule has 1 aliphatic rings. The maximum Gasteiger partial charge on any atom is 0.0753 e. The Labute approximate surface area is 88.2 Å². The summed E-state index contributed by atoms with van der Waals surface area (Å²) in [6, 6.07) is 0.640. The lowest BCUT2D eigenvalue weighted by atomic mass is 10.2. The van der Waals surface area contributed by atoms with Crippen LogP contribution in [0.25, 0.3) is 0 Å². The van der Waals surface area contributed by atoms with E-state index in [0.29, 0.717) is 12.6 Å². The van der Waals surface area contributed by atoms with Crippen LogP contribution in [0.2, 0.25) is 0 Å². The van der Waals surface area contributed by atoms with Gasteiger partial charge >= 0.3 is 0 Å². The van der Waals surface area contributed by atoms with Gasteiger partial charge in [0.25, 0.3) is 0 Å². The van der Waals surface area contributed by atoms with E-state index in [9.17, 15) is 0 Å². The number of anilines is 1. The van der Waals surface area contributed by atoms with Gasteiger partial charge in [-0.3, -0.25) is 5.10 Å². The lowest BCUT2D eigenvalue weighted by Crippen LogP contribution is -2.38. The van der Waals surface area contributed by atoms with Gasteiger partial charge in [-0.2, -0.15) is 16.9 Å². The SMILES string of the molecule is NCCN(c1cn[nH]c1)C1CCSC1. The third-order valence-corrected chi connectivity index (χ3v) is 3.68. The van der Waals surface area contributed by atoms with E-state index in [1.807, 2.05) is 24.2 Å². The summed E-state index contributed by atoms with van der Waals surface area (Å²) in [7, 11) is 0. The highest BCUT2D eigenvalue weighted by Crippen LogP contribution is 2.25. The number of rotatable bonds is 4. The van der Waals surface area contributed by atoms with Crippen LogP contribution in [0.4, 0.5) is 5.69 Å². The highest BCUT2D eigenvalue weighted by Gasteiger charge is 2.23. The van der Waals surface area contributed by atoms with Crippen LogP contribution in [0.3, 0.4) is 0 Å². The summed E-state index contributed by atoms with van der Waals surface area (Å²) >= 11 is 2.02. The number of aromatic amines is 1. The van der Waals surface area contributed by atoms with Crippen LogP contribution >= 0.6 is 11.8 Å². The maximum absolute atomic E-state index is 5.62. The minimum atomic E-state index is 0.640. The Bertz CT molecular complexity index is 256. The van der Waals surface area contributed by atoms with E-state index in [4.69, 9.17) is 5.73 Å². The third kappa shape index (κ3) is 2.04. The molecule has 5 heteroatoms. The Balaban J connectivity index is 2.06. The Morgan fingerprint density at radius 2 is 2.64 bits per heavy atom. The molecule has 14 heavy (non-hydrogen) atoms. The molecule has 1 aromatic heterocycles. The van der Waals surface area contributed by atoms with Gasteiger partial charge in [0.05, 0.1) is 11.9 Å². The van der Waals surface area contributed by atoms with Crippen molar-refractivity contribution in [3.8, 4) is 0 Å². The molecule has 1 aromatic rings.